The van der Waals surface area contributed by atoms with Gasteiger partial charge in [-0.2, -0.15) is 0 Å². The Labute approximate surface area is 114 Å². The van der Waals surface area contributed by atoms with Gasteiger partial charge in [0.05, 0.1) is 0 Å². The minimum Gasteiger partial charge on any atom is -0.398 e. The summed E-state index contributed by atoms with van der Waals surface area (Å²) in [5.74, 6) is 0.739. The predicted octanol–water partition coefficient (Wildman–Crippen LogP) is 3.44. The van der Waals surface area contributed by atoms with Gasteiger partial charge in [0, 0.05) is 47.1 Å². The Hall–Kier alpha value is -1.77. The van der Waals surface area contributed by atoms with E-state index in [1.54, 1.807) is 0 Å². The summed E-state index contributed by atoms with van der Waals surface area (Å²) < 4.78 is 0. The van der Waals surface area contributed by atoms with E-state index in [2.05, 4.69) is 35.9 Å². The standard InChI is InChI=1S/C16H21N3/c1-11-4-3-9-19(12(11)2)16-6-5-15(17)14-10-18-8-7-13(14)16/h5-8,10-12H,3-4,9,17H2,1-2H3. The predicted molar refractivity (Wildman–Crippen MR) is 81.4 cm³/mol. The molecule has 0 radical (unpaired) electrons. The van der Waals surface area contributed by atoms with Crippen LogP contribution in [-0.4, -0.2) is 17.6 Å². The van der Waals surface area contributed by atoms with Crippen molar-refractivity contribution < 1.29 is 0 Å². The molecule has 1 aliphatic rings. The number of anilines is 2. The van der Waals surface area contributed by atoms with E-state index >= 15 is 0 Å². The lowest BCUT2D eigenvalue weighted by atomic mass is 9.91. The van der Waals surface area contributed by atoms with E-state index in [0.29, 0.717) is 6.04 Å². The van der Waals surface area contributed by atoms with Gasteiger partial charge in [-0.15, -0.1) is 0 Å². The van der Waals surface area contributed by atoms with Crippen molar-refractivity contribution in [2.45, 2.75) is 32.7 Å². The maximum atomic E-state index is 6.06. The van der Waals surface area contributed by atoms with Crippen molar-refractivity contribution in [3.05, 3.63) is 30.6 Å². The summed E-state index contributed by atoms with van der Waals surface area (Å²) in [6.45, 7) is 5.80. The summed E-state index contributed by atoms with van der Waals surface area (Å²) in [6, 6.07) is 6.82. The first-order valence-electron chi connectivity index (χ1n) is 7.07. The lowest BCUT2D eigenvalue weighted by Crippen LogP contribution is -2.42. The monoisotopic (exact) mass is 255 g/mol. The Morgan fingerprint density at radius 1 is 1.21 bits per heavy atom. The molecule has 100 valence electrons. The van der Waals surface area contributed by atoms with E-state index in [9.17, 15) is 0 Å². The average molecular weight is 255 g/mol. The normalized spacial score (nSPS) is 23.8. The van der Waals surface area contributed by atoms with Crippen molar-refractivity contribution in [3.8, 4) is 0 Å². The van der Waals surface area contributed by atoms with E-state index < -0.39 is 0 Å². The molecule has 3 heteroatoms. The first-order chi connectivity index (χ1) is 9.18. The number of nitrogen functional groups attached to an aromatic ring is 1. The van der Waals surface area contributed by atoms with E-state index in [0.717, 1.165) is 23.5 Å². The maximum Gasteiger partial charge on any atom is 0.0451 e. The molecule has 0 bridgehead atoms. The highest BCUT2D eigenvalue weighted by Crippen LogP contribution is 2.35. The summed E-state index contributed by atoms with van der Waals surface area (Å²) in [7, 11) is 0. The number of nitrogens with two attached hydrogens (primary N) is 1. The van der Waals surface area contributed by atoms with Crippen molar-refractivity contribution in [2.24, 2.45) is 5.92 Å². The molecular formula is C16H21N3. The lowest BCUT2D eigenvalue weighted by molar-refractivity contribution is 0.364. The molecule has 0 spiro atoms. The van der Waals surface area contributed by atoms with Gasteiger partial charge in [-0.1, -0.05) is 6.92 Å². The lowest BCUT2D eigenvalue weighted by Gasteiger charge is -2.40. The number of nitrogens with zero attached hydrogens (tertiary/aromatic N) is 2. The Kier molecular flexibility index (Phi) is 3.05. The van der Waals surface area contributed by atoms with Crippen LogP contribution < -0.4 is 10.6 Å². The number of pyridine rings is 1. The summed E-state index contributed by atoms with van der Waals surface area (Å²) in [6.07, 6.45) is 6.31. The highest BCUT2D eigenvalue weighted by atomic mass is 15.2. The molecule has 1 aromatic carbocycles. The summed E-state index contributed by atoms with van der Waals surface area (Å²) in [4.78, 5) is 6.72. The zero-order chi connectivity index (χ0) is 13.4. The average Bonchev–Trinajstić information content (AvgIpc) is 2.43. The van der Waals surface area contributed by atoms with E-state index in [1.165, 1.54) is 23.9 Å². The topological polar surface area (TPSA) is 42.1 Å². The third-order valence-electron chi connectivity index (χ3n) is 4.51. The van der Waals surface area contributed by atoms with Crippen LogP contribution in [0.15, 0.2) is 30.6 Å². The zero-order valence-corrected chi connectivity index (χ0v) is 11.6. The van der Waals surface area contributed by atoms with Crippen LogP contribution in [-0.2, 0) is 0 Å². The number of hydrogen-bond acceptors (Lipinski definition) is 3. The Morgan fingerprint density at radius 3 is 2.89 bits per heavy atom. The van der Waals surface area contributed by atoms with E-state index in [-0.39, 0.29) is 0 Å². The molecule has 3 rings (SSSR count). The van der Waals surface area contributed by atoms with Crippen molar-refractivity contribution >= 4 is 22.1 Å². The van der Waals surface area contributed by atoms with Gasteiger partial charge < -0.3 is 10.6 Å². The van der Waals surface area contributed by atoms with Crippen LogP contribution in [0, 0.1) is 5.92 Å². The number of fused-ring (bicyclic) bond motifs is 1. The molecular weight excluding hydrogens is 234 g/mol. The number of piperidine rings is 1. The molecule has 2 N–H and O–H groups in total. The third kappa shape index (κ3) is 2.03. The van der Waals surface area contributed by atoms with Crippen LogP contribution in [0.25, 0.3) is 10.8 Å². The maximum absolute atomic E-state index is 6.06. The van der Waals surface area contributed by atoms with Gasteiger partial charge in [-0.05, 0) is 43.9 Å². The molecule has 1 aliphatic heterocycles. The van der Waals surface area contributed by atoms with Crippen LogP contribution in [0.1, 0.15) is 26.7 Å². The fraction of sp³-hybridized carbons (Fsp3) is 0.438. The quantitative estimate of drug-likeness (QED) is 0.794. The van der Waals surface area contributed by atoms with Crippen LogP contribution >= 0.6 is 0 Å². The van der Waals surface area contributed by atoms with E-state index in [1.807, 2.05) is 18.5 Å². The SMILES string of the molecule is CC1CCCN(c2ccc(N)c3cnccc23)C1C. The zero-order valence-electron chi connectivity index (χ0n) is 11.6. The van der Waals surface area contributed by atoms with Crippen molar-refractivity contribution in [2.75, 3.05) is 17.2 Å². The Morgan fingerprint density at radius 2 is 2.05 bits per heavy atom. The first kappa shape index (κ1) is 12.3. The molecule has 0 aliphatic carbocycles. The van der Waals surface area contributed by atoms with Crippen LogP contribution in [0.4, 0.5) is 11.4 Å². The summed E-state index contributed by atoms with van der Waals surface area (Å²) >= 11 is 0. The van der Waals surface area contributed by atoms with Crippen LogP contribution in [0.3, 0.4) is 0 Å². The van der Waals surface area contributed by atoms with Gasteiger partial charge in [0.25, 0.3) is 0 Å². The Balaban J connectivity index is 2.12. The first-order valence-corrected chi connectivity index (χ1v) is 7.07. The number of hydrogen-bond donors (Lipinski definition) is 1. The highest BCUT2D eigenvalue weighted by molar-refractivity contribution is 6.00. The van der Waals surface area contributed by atoms with Gasteiger partial charge in [0.2, 0.25) is 0 Å². The van der Waals surface area contributed by atoms with Gasteiger partial charge in [0.1, 0.15) is 0 Å². The second kappa shape index (κ2) is 4.72. The van der Waals surface area contributed by atoms with Crippen LogP contribution in [0.5, 0.6) is 0 Å². The molecule has 2 heterocycles. The van der Waals surface area contributed by atoms with Gasteiger partial charge in [-0.25, -0.2) is 0 Å². The van der Waals surface area contributed by atoms with Gasteiger partial charge in [-0.3, -0.25) is 4.98 Å². The molecule has 2 unspecified atom stereocenters. The minimum atomic E-state index is 0.578. The van der Waals surface area contributed by atoms with E-state index in [4.69, 9.17) is 5.73 Å². The molecule has 2 aromatic rings. The van der Waals surface area contributed by atoms with Crippen molar-refractivity contribution in [1.82, 2.24) is 4.98 Å². The summed E-state index contributed by atoms with van der Waals surface area (Å²) in [5.41, 5.74) is 8.16. The second-order valence-corrected chi connectivity index (χ2v) is 5.65. The molecule has 3 nitrogen and oxygen atoms in total. The molecule has 1 fully saturated rings. The van der Waals surface area contributed by atoms with Crippen LogP contribution in [0.2, 0.25) is 0 Å². The third-order valence-corrected chi connectivity index (χ3v) is 4.51. The smallest absolute Gasteiger partial charge is 0.0451 e. The number of rotatable bonds is 1. The van der Waals surface area contributed by atoms with Crippen molar-refractivity contribution in [3.63, 3.8) is 0 Å². The minimum absolute atomic E-state index is 0.578. The number of aromatic nitrogens is 1. The molecule has 1 aromatic heterocycles. The largest absolute Gasteiger partial charge is 0.398 e. The molecule has 0 saturated carbocycles. The molecule has 19 heavy (non-hydrogen) atoms. The van der Waals surface area contributed by atoms with Crippen molar-refractivity contribution in [1.29, 1.82) is 0 Å². The fourth-order valence-electron chi connectivity index (χ4n) is 3.12. The highest BCUT2D eigenvalue weighted by Gasteiger charge is 2.25. The Bertz CT molecular complexity index is 594. The second-order valence-electron chi connectivity index (χ2n) is 5.65. The fourth-order valence-corrected chi connectivity index (χ4v) is 3.12. The molecule has 1 saturated heterocycles. The number of benzene rings is 1. The molecule has 2 atom stereocenters. The van der Waals surface area contributed by atoms with Gasteiger partial charge >= 0.3 is 0 Å². The van der Waals surface area contributed by atoms with Gasteiger partial charge in [0.15, 0.2) is 0 Å². The summed E-state index contributed by atoms with van der Waals surface area (Å²) in [5, 5.41) is 2.28. The molecule has 0 amide bonds.